The Balaban J connectivity index is 1.47. The van der Waals surface area contributed by atoms with Crippen molar-refractivity contribution in [2.75, 3.05) is 13.2 Å². The maximum atomic E-state index is 12.2. The van der Waals surface area contributed by atoms with Gasteiger partial charge in [0.2, 0.25) is 0 Å². The highest BCUT2D eigenvalue weighted by atomic mass is 31.0. The van der Waals surface area contributed by atoms with Gasteiger partial charge in [-0.25, -0.2) is 4.79 Å². The Morgan fingerprint density at radius 3 is 2.54 bits per heavy atom. The highest BCUT2D eigenvalue weighted by Crippen LogP contribution is 2.68. The molecule has 5 rings (SSSR count). The number of carbonyl (C=O) groups is 1. The third-order valence-corrected chi connectivity index (χ3v) is 9.99. The molecule has 1 heterocycles. The van der Waals surface area contributed by atoms with Crippen molar-refractivity contribution in [3.05, 3.63) is 11.6 Å². The molecular weight excluding hydrogens is 375 g/mol. The molecule has 0 bridgehead atoms. The first-order valence-electron chi connectivity index (χ1n) is 10.9. The average molecular weight is 408 g/mol. The van der Waals surface area contributed by atoms with E-state index in [1.165, 1.54) is 5.57 Å². The fourth-order valence-electron chi connectivity index (χ4n) is 7.94. The number of fused-ring (bicyclic) bond motifs is 5. The van der Waals surface area contributed by atoms with E-state index in [0.717, 1.165) is 44.9 Å². The minimum atomic E-state index is -1.06. The first-order chi connectivity index (χ1) is 13.3. The van der Waals surface area contributed by atoms with Crippen LogP contribution in [0.25, 0.3) is 0 Å². The number of hydrogen-bond acceptors (Lipinski definition) is 4. The standard InChI is InChI=1S/C22H33O5P/c1-19-9-10-21(25-11-12-26-21)13-14(19)3-4-15-16(19)5-7-20(2)17(15)6-8-22(20,27-28)18(23)24/h3,15-17H,4-13,28H2,1-2H3,(H,23,24)/t15?,16?,17?,19-,20-,22-/m0/s1. The summed E-state index contributed by atoms with van der Waals surface area (Å²) in [5.74, 6) is 0.416. The topological polar surface area (TPSA) is 65.0 Å². The summed E-state index contributed by atoms with van der Waals surface area (Å²) in [6.45, 7) is 6.05. The molecule has 1 N–H and O–H groups in total. The highest BCUT2D eigenvalue weighted by molar-refractivity contribution is 7.10. The van der Waals surface area contributed by atoms with Crippen molar-refractivity contribution in [2.45, 2.75) is 76.6 Å². The predicted octanol–water partition coefficient (Wildman–Crippen LogP) is 4.32. The molecule has 7 atom stereocenters. The molecule has 6 heteroatoms. The lowest BCUT2D eigenvalue weighted by atomic mass is 9.46. The molecule has 0 aromatic carbocycles. The Hall–Kier alpha value is -0.480. The number of carboxylic acid groups (broad SMARTS) is 1. The number of carboxylic acids is 1. The van der Waals surface area contributed by atoms with Gasteiger partial charge in [0.05, 0.1) is 13.2 Å². The Morgan fingerprint density at radius 1 is 1.14 bits per heavy atom. The summed E-state index contributed by atoms with van der Waals surface area (Å²) in [6, 6.07) is 0. The minimum Gasteiger partial charge on any atom is -0.479 e. The van der Waals surface area contributed by atoms with Gasteiger partial charge < -0.3 is 19.1 Å². The number of aliphatic carboxylic acids is 1. The minimum absolute atomic E-state index is 0.196. The molecule has 4 aliphatic carbocycles. The summed E-state index contributed by atoms with van der Waals surface area (Å²) in [5, 5.41) is 10.0. The first-order valence-corrected chi connectivity index (χ1v) is 11.4. The van der Waals surface area contributed by atoms with E-state index in [9.17, 15) is 9.90 Å². The normalized spacial score (nSPS) is 49.2. The molecule has 0 aromatic rings. The van der Waals surface area contributed by atoms with E-state index in [0.29, 0.717) is 37.4 Å². The summed E-state index contributed by atoms with van der Waals surface area (Å²) in [5.41, 5.74) is 0.369. The van der Waals surface area contributed by atoms with E-state index in [4.69, 9.17) is 14.0 Å². The van der Waals surface area contributed by atoms with Crippen LogP contribution in [0.5, 0.6) is 0 Å². The van der Waals surface area contributed by atoms with E-state index in [1.54, 1.807) is 0 Å². The van der Waals surface area contributed by atoms with Gasteiger partial charge in [-0.3, -0.25) is 0 Å². The fraction of sp³-hybridized carbons (Fsp3) is 0.864. The predicted molar refractivity (Wildman–Crippen MR) is 107 cm³/mol. The maximum Gasteiger partial charge on any atom is 0.336 e. The van der Waals surface area contributed by atoms with Crippen LogP contribution in [0.4, 0.5) is 0 Å². The van der Waals surface area contributed by atoms with E-state index < -0.39 is 11.6 Å². The zero-order chi connectivity index (χ0) is 19.8. The zero-order valence-electron chi connectivity index (χ0n) is 17.0. The second-order valence-electron chi connectivity index (χ2n) is 10.3. The van der Waals surface area contributed by atoms with Crippen LogP contribution in [0.15, 0.2) is 11.6 Å². The Kier molecular flexibility index (Phi) is 4.36. The van der Waals surface area contributed by atoms with Gasteiger partial charge in [-0.2, -0.15) is 0 Å². The maximum absolute atomic E-state index is 12.2. The van der Waals surface area contributed by atoms with Crippen molar-refractivity contribution in [3.8, 4) is 0 Å². The molecule has 156 valence electrons. The van der Waals surface area contributed by atoms with Crippen LogP contribution in [-0.2, 0) is 18.8 Å². The van der Waals surface area contributed by atoms with Crippen molar-refractivity contribution < 1.29 is 23.9 Å². The summed E-state index contributed by atoms with van der Waals surface area (Å²) in [4.78, 5) is 12.2. The highest BCUT2D eigenvalue weighted by Gasteiger charge is 2.68. The Morgan fingerprint density at radius 2 is 1.86 bits per heavy atom. The van der Waals surface area contributed by atoms with Crippen molar-refractivity contribution in [1.29, 1.82) is 0 Å². The van der Waals surface area contributed by atoms with Gasteiger partial charge in [0.15, 0.2) is 11.4 Å². The van der Waals surface area contributed by atoms with Gasteiger partial charge in [-0.15, -0.1) is 0 Å². The lowest BCUT2D eigenvalue weighted by molar-refractivity contribution is -0.189. The molecule has 5 nitrogen and oxygen atoms in total. The second-order valence-corrected chi connectivity index (χ2v) is 10.5. The number of ether oxygens (including phenoxy) is 2. The van der Waals surface area contributed by atoms with Crippen molar-refractivity contribution in [2.24, 2.45) is 28.6 Å². The first kappa shape index (κ1) is 19.5. The lowest BCUT2D eigenvalue weighted by Gasteiger charge is -2.59. The summed E-state index contributed by atoms with van der Waals surface area (Å²) in [6.07, 6.45) is 10.1. The smallest absolute Gasteiger partial charge is 0.336 e. The average Bonchev–Trinajstić information content (AvgIpc) is 3.25. The monoisotopic (exact) mass is 408 g/mol. The molecule has 0 radical (unpaired) electrons. The van der Waals surface area contributed by atoms with Crippen molar-refractivity contribution >= 4 is 15.4 Å². The molecule has 4 fully saturated rings. The molecule has 1 saturated heterocycles. The molecule has 1 aliphatic heterocycles. The van der Waals surface area contributed by atoms with Crippen molar-refractivity contribution in [1.82, 2.24) is 0 Å². The molecule has 0 amide bonds. The Labute approximate surface area is 169 Å². The Bertz CT molecular complexity index is 716. The molecule has 4 unspecified atom stereocenters. The number of allylic oxidation sites excluding steroid dienone is 1. The van der Waals surface area contributed by atoms with Crippen LogP contribution in [-0.4, -0.2) is 35.7 Å². The van der Waals surface area contributed by atoms with Crippen LogP contribution >= 0.6 is 9.47 Å². The van der Waals surface area contributed by atoms with Gasteiger partial charge in [-0.1, -0.05) is 25.5 Å². The van der Waals surface area contributed by atoms with Crippen LogP contribution < -0.4 is 0 Å². The zero-order valence-corrected chi connectivity index (χ0v) is 18.2. The molecular formula is C22H33O5P. The number of hydrogen-bond donors (Lipinski definition) is 1. The van der Waals surface area contributed by atoms with E-state index >= 15 is 0 Å². The third kappa shape index (κ3) is 2.31. The molecule has 3 saturated carbocycles. The fourth-order valence-corrected chi connectivity index (χ4v) is 8.43. The van der Waals surface area contributed by atoms with Gasteiger partial charge in [-0.05, 0) is 61.7 Å². The SMILES string of the molecule is C[C@]12CCC3(CC1=CCC1C2CC[C@@]2(C)C1CC[C@]2(OP)C(=O)O)OCCO3. The summed E-state index contributed by atoms with van der Waals surface area (Å²) < 4.78 is 17.7. The third-order valence-electron chi connectivity index (χ3n) is 9.59. The molecule has 28 heavy (non-hydrogen) atoms. The summed E-state index contributed by atoms with van der Waals surface area (Å²) in [7, 11) is 2.26. The quantitative estimate of drug-likeness (QED) is 0.544. The molecule has 5 aliphatic rings. The van der Waals surface area contributed by atoms with Crippen LogP contribution in [0, 0.1) is 28.6 Å². The summed E-state index contributed by atoms with van der Waals surface area (Å²) >= 11 is 0. The van der Waals surface area contributed by atoms with Gasteiger partial charge >= 0.3 is 5.97 Å². The van der Waals surface area contributed by atoms with Crippen LogP contribution in [0.3, 0.4) is 0 Å². The van der Waals surface area contributed by atoms with E-state index in [1.807, 2.05) is 0 Å². The van der Waals surface area contributed by atoms with Crippen molar-refractivity contribution in [3.63, 3.8) is 0 Å². The van der Waals surface area contributed by atoms with Crippen LogP contribution in [0.1, 0.15) is 65.2 Å². The second kappa shape index (κ2) is 6.26. The largest absolute Gasteiger partial charge is 0.479 e. The number of rotatable bonds is 2. The van der Waals surface area contributed by atoms with Gasteiger partial charge in [0, 0.05) is 27.7 Å². The van der Waals surface area contributed by atoms with Gasteiger partial charge in [0.1, 0.15) is 0 Å². The molecule has 1 spiro atoms. The lowest BCUT2D eigenvalue weighted by Crippen LogP contribution is -2.58. The molecule has 0 aromatic heterocycles. The van der Waals surface area contributed by atoms with E-state index in [-0.39, 0.29) is 16.6 Å². The van der Waals surface area contributed by atoms with Gasteiger partial charge in [0.25, 0.3) is 0 Å². The van der Waals surface area contributed by atoms with Crippen LogP contribution in [0.2, 0.25) is 0 Å². The van der Waals surface area contributed by atoms with E-state index in [2.05, 4.69) is 29.4 Å².